The molecule has 50 heavy (non-hydrogen) atoms. The molecule has 4 aliphatic rings. The maximum absolute atomic E-state index is 16.5. The van der Waals surface area contributed by atoms with Crippen molar-refractivity contribution in [1.29, 1.82) is 0 Å². The number of rotatable bonds is 9. The lowest BCUT2D eigenvalue weighted by Crippen LogP contribution is -2.55. The van der Waals surface area contributed by atoms with Gasteiger partial charge in [-0.1, -0.05) is 13.0 Å². The summed E-state index contributed by atoms with van der Waals surface area (Å²) in [6, 6.07) is 7.26. The van der Waals surface area contributed by atoms with Crippen molar-refractivity contribution in [2.24, 2.45) is 0 Å². The fourth-order valence-corrected chi connectivity index (χ4v) is 8.76. The standard InChI is InChI=1S/C36H39F3N6O5/c1-3-25-28(38)8-5-20-11-24(50-19-48-2)12-26(30(20)25)31-29(39)13-27-32(40-31)41-34(49-18-36-9-4-10-44(36)15-21(37)14-36)42-33(27)43-16-22-6-7-23(17-43)45(22)35(46)47/h5,8,11-13,21-23H,3-4,6-7,9-10,14-19H2,1-2H3,(H,46,47)/t21-,22-,23+,36+/m1/s1. The van der Waals surface area contributed by atoms with E-state index in [1.807, 2.05) is 11.8 Å². The molecule has 0 unspecified atom stereocenters. The number of piperazine rings is 1. The first-order valence-corrected chi connectivity index (χ1v) is 17.2. The summed E-state index contributed by atoms with van der Waals surface area (Å²) >= 11 is 0. The van der Waals surface area contributed by atoms with Gasteiger partial charge in [0.05, 0.1) is 23.0 Å². The topological polar surface area (TPSA) is 113 Å². The van der Waals surface area contributed by atoms with Gasteiger partial charge in [0.2, 0.25) is 0 Å². The van der Waals surface area contributed by atoms with Crippen molar-refractivity contribution in [2.45, 2.75) is 69.2 Å². The minimum atomic E-state index is -0.957. The van der Waals surface area contributed by atoms with E-state index >= 15 is 8.78 Å². The van der Waals surface area contributed by atoms with E-state index in [1.54, 1.807) is 18.2 Å². The van der Waals surface area contributed by atoms with E-state index in [2.05, 4.69) is 9.88 Å². The smallest absolute Gasteiger partial charge is 0.407 e. The van der Waals surface area contributed by atoms with Crippen molar-refractivity contribution in [3.05, 3.63) is 47.5 Å². The summed E-state index contributed by atoms with van der Waals surface area (Å²) in [6.45, 7) is 3.88. The Labute approximate surface area is 286 Å². The van der Waals surface area contributed by atoms with Crippen LogP contribution in [0.25, 0.3) is 33.1 Å². The highest BCUT2D eigenvalue weighted by Gasteiger charge is 2.49. The highest BCUT2D eigenvalue weighted by atomic mass is 19.1. The predicted molar refractivity (Wildman–Crippen MR) is 180 cm³/mol. The Hall–Kier alpha value is -4.43. The Bertz CT molecular complexity index is 1970. The largest absolute Gasteiger partial charge is 0.468 e. The van der Waals surface area contributed by atoms with Gasteiger partial charge in [-0.3, -0.25) is 9.80 Å². The summed E-state index contributed by atoms with van der Waals surface area (Å²) in [4.78, 5) is 31.9. The average molecular weight is 693 g/mol. The van der Waals surface area contributed by atoms with E-state index in [0.29, 0.717) is 84.2 Å². The maximum atomic E-state index is 16.5. The highest BCUT2D eigenvalue weighted by molar-refractivity contribution is 6.01. The Balaban J connectivity index is 1.26. The van der Waals surface area contributed by atoms with Gasteiger partial charge in [0.1, 0.15) is 41.7 Å². The van der Waals surface area contributed by atoms with Crippen molar-refractivity contribution in [1.82, 2.24) is 24.8 Å². The molecule has 0 spiro atoms. The minimum absolute atomic E-state index is 0.0245. The normalized spacial score (nSPS) is 24.8. The number of nitrogens with zero attached hydrogens (tertiary/aromatic N) is 6. The van der Waals surface area contributed by atoms with Gasteiger partial charge in [-0.05, 0) is 79.3 Å². The zero-order valence-corrected chi connectivity index (χ0v) is 28.0. The number of fused-ring (bicyclic) bond motifs is 5. The van der Waals surface area contributed by atoms with Crippen LogP contribution in [0.3, 0.4) is 0 Å². The molecular weight excluding hydrogens is 653 g/mol. The van der Waals surface area contributed by atoms with Gasteiger partial charge in [-0.15, -0.1) is 0 Å². The average Bonchev–Trinajstić information content (AvgIpc) is 3.72. The zero-order chi connectivity index (χ0) is 34.7. The fourth-order valence-electron chi connectivity index (χ4n) is 8.76. The van der Waals surface area contributed by atoms with Crippen LogP contribution >= 0.6 is 0 Å². The van der Waals surface area contributed by atoms with Gasteiger partial charge in [-0.25, -0.2) is 22.9 Å². The van der Waals surface area contributed by atoms with Crippen molar-refractivity contribution in [3.63, 3.8) is 0 Å². The molecule has 2 aromatic carbocycles. The third-order valence-corrected chi connectivity index (χ3v) is 10.9. The van der Waals surface area contributed by atoms with Crippen LogP contribution in [-0.4, -0.2) is 106 Å². The second kappa shape index (κ2) is 12.7. The summed E-state index contributed by atoms with van der Waals surface area (Å²) in [5.41, 5.74) is 0.414. The summed E-state index contributed by atoms with van der Waals surface area (Å²) in [7, 11) is 1.49. The van der Waals surface area contributed by atoms with E-state index in [-0.39, 0.29) is 42.8 Å². The number of hydrogen-bond donors (Lipinski definition) is 1. The van der Waals surface area contributed by atoms with Gasteiger partial charge < -0.3 is 24.2 Å². The van der Waals surface area contributed by atoms with E-state index < -0.39 is 29.4 Å². The van der Waals surface area contributed by atoms with Crippen LogP contribution in [0.2, 0.25) is 0 Å². The van der Waals surface area contributed by atoms with Gasteiger partial charge in [0.15, 0.2) is 12.4 Å². The molecule has 1 amide bonds. The van der Waals surface area contributed by atoms with Crippen molar-refractivity contribution < 1.29 is 37.3 Å². The molecule has 1 N–H and O–H groups in total. The van der Waals surface area contributed by atoms with Gasteiger partial charge in [0, 0.05) is 38.7 Å². The number of benzene rings is 2. The number of aryl methyl sites for hydroxylation is 1. The Morgan fingerprint density at radius 2 is 1.84 bits per heavy atom. The second-order valence-electron chi connectivity index (χ2n) is 13.9. The van der Waals surface area contributed by atoms with Gasteiger partial charge >= 0.3 is 12.1 Å². The summed E-state index contributed by atoms with van der Waals surface area (Å²) in [5, 5.41) is 11.4. The van der Waals surface area contributed by atoms with Crippen LogP contribution < -0.4 is 14.4 Å². The number of methoxy groups -OCH3 is 1. The molecule has 14 heteroatoms. The highest BCUT2D eigenvalue weighted by Crippen LogP contribution is 2.42. The molecule has 0 saturated carbocycles. The lowest BCUT2D eigenvalue weighted by atomic mass is 9.94. The van der Waals surface area contributed by atoms with Crippen LogP contribution in [0, 0.1) is 11.6 Å². The Morgan fingerprint density at radius 1 is 1.04 bits per heavy atom. The number of hydrogen-bond acceptors (Lipinski definition) is 9. The van der Waals surface area contributed by atoms with Crippen molar-refractivity contribution in [2.75, 3.05) is 51.6 Å². The molecule has 4 aromatic rings. The molecule has 8 rings (SSSR count). The summed E-state index contributed by atoms with van der Waals surface area (Å²) in [5.74, 6) is -0.291. The van der Waals surface area contributed by atoms with E-state index in [0.717, 1.165) is 19.4 Å². The number of pyridine rings is 1. The number of anilines is 1. The number of alkyl halides is 1. The number of carboxylic acid groups (broad SMARTS) is 1. The third kappa shape index (κ3) is 5.52. The van der Waals surface area contributed by atoms with Crippen LogP contribution in [0.15, 0.2) is 30.3 Å². The molecule has 0 aliphatic carbocycles. The van der Waals surface area contributed by atoms with Crippen molar-refractivity contribution in [3.8, 4) is 23.0 Å². The van der Waals surface area contributed by atoms with Gasteiger partial charge in [-0.2, -0.15) is 9.97 Å². The molecule has 4 fully saturated rings. The maximum Gasteiger partial charge on any atom is 0.407 e. The molecule has 4 saturated heterocycles. The monoisotopic (exact) mass is 692 g/mol. The first kappa shape index (κ1) is 32.8. The van der Waals surface area contributed by atoms with E-state index in [1.165, 1.54) is 24.1 Å². The second-order valence-corrected chi connectivity index (χ2v) is 13.9. The van der Waals surface area contributed by atoms with Crippen LogP contribution in [0.5, 0.6) is 11.8 Å². The number of aromatic nitrogens is 3. The summed E-state index contributed by atoms with van der Waals surface area (Å²) < 4.78 is 63.4. The molecule has 264 valence electrons. The molecule has 2 aromatic heterocycles. The van der Waals surface area contributed by atoms with Gasteiger partial charge in [0.25, 0.3) is 0 Å². The summed E-state index contributed by atoms with van der Waals surface area (Å²) in [6.07, 6.45) is 2.00. The quantitative estimate of drug-likeness (QED) is 0.211. The first-order chi connectivity index (χ1) is 24.2. The lowest BCUT2D eigenvalue weighted by molar-refractivity contribution is 0.0512. The molecule has 0 radical (unpaired) electrons. The SMILES string of the molecule is CCc1c(F)ccc2cc(OCOC)cc(-c3nc4nc(OC[C@@]56CCCN5C[C@H](F)C6)nc(N5C[C@H]6CC[C@@H](C5)N6C(=O)O)c4cc3F)c12. The zero-order valence-electron chi connectivity index (χ0n) is 28.0. The molecule has 4 aliphatic heterocycles. The predicted octanol–water partition coefficient (Wildman–Crippen LogP) is 5.95. The third-order valence-electron chi connectivity index (χ3n) is 10.9. The lowest BCUT2D eigenvalue weighted by Gasteiger charge is -2.40. The van der Waals surface area contributed by atoms with E-state index in [9.17, 15) is 14.3 Å². The minimum Gasteiger partial charge on any atom is -0.468 e. The number of ether oxygens (including phenoxy) is 3. The first-order valence-electron chi connectivity index (χ1n) is 17.2. The van der Waals surface area contributed by atoms with Crippen LogP contribution in [0.4, 0.5) is 23.8 Å². The van der Waals surface area contributed by atoms with Crippen LogP contribution in [-0.2, 0) is 11.2 Å². The number of carbonyl (C=O) groups is 1. The Kier molecular flexibility index (Phi) is 8.33. The Morgan fingerprint density at radius 3 is 2.58 bits per heavy atom. The van der Waals surface area contributed by atoms with Crippen molar-refractivity contribution >= 4 is 33.7 Å². The molecule has 2 bridgehead atoms. The molecule has 6 heterocycles. The van der Waals surface area contributed by atoms with Crippen LogP contribution in [0.1, 0.15) is 44.6 Å². The fraction of sp³-hybridized carbons (Fsp3) is 0.500. The van der Waals surface area contributed by atoms with E-state index in [4.69, 9.17) is 24.2 Å². The molecule has 11 nitrogen and oxygen atoms in total. The number of amides is 1. The molecule has 4 atom stereocenters. The molecular formula is C36H39F3N6O5. The number of halogens is 3.